The van der Waals surface area contributed by atoms with Crippen molar-refractivity contribution >= 4 is 17.5 Å². The number of piperidine rings is 1. The monoisotopic (exact) mass is 369 g/mol. The van der Waals surface area contributed by atoms with Crippen molar-refractivity contribution in [2.45, 2.75) is 31.9 Å². The molecule has 0 aliphatic carbocycles. The number of hydrogen-bond acceptors (Lipinski definition) is 3. The summed E-state index contributed by atoms with van der Waals surface area (Å²) in [6.45, 7) is 1.72. The van der Waals surface area contributed by atoms with Crippen LogP contribution in [0.25, 0.3) is 0 Å². The van der Waals surface area contributed by atoms with E-state index in [1.165, 1.54) is 11.0 Å². The number of anilines is 1. The zero-order chi connectivity index (χ0) is 18.9. The number of rotatable bonds is 3. The van der Waals surface area contributed by atoms with E-state index >= 15 is 0 Å². The summed E-state index contributed by atoms with van der Waals surface area (Å²) in [5.74, 6) is -2.21. The average Bonchev–Trinajstić information content (AvgIpc) is 3.14. The van der Waals surface area contributed by atoms with Gasteiger partial charge in [0.15, 0.2) is 0 Å². The molecule has 0 spiro atoms. The molecular weight excluding hydrogens is 347 g/mol. The summed E-state index contributed by atoms with van der Waals surface area (Å²) in [6, 6.07) is 4.67. The van der Waals surface area contributed by atoms with Crippen molar-refractivity contribution < 1.29 is 22.8 Å². The van der Waals surface area contributed by atoms with E-state index in [1.54, 1.807) is 12.1 Å². The third-order valence-corrected chi connectivity index (χ3v) is 5.20. The van der Waals surface area contributed by atoms with Crippen LogP contribution in [-0.4, -0.2) is 49.1 Å². The molecule has 1 aromatic carbocycles. The minimum absolute atomic E-state index is 0.0757. The standard InChI is InChI=1S/C18H22F3N3O2/c19-18(20,21)13-5-9-24(10-6-13)17(26)14-4-3-12(16(22)25)11-15(14)23-7-1-2-8-23/h3-4,11,13H,1-2,5-10H2,(H2,22,25). The summed E-state index contributed by atoms with van der Waals surface area (Å²) in [5.41, 5.74) is 6.73. The summed E-state index contributed by atoms with van der Waals surface area (Å²) in [7, 11) is 0. The van der Waals surface area contributed by atoms with Crippen molar-refractivity contribution in [3.05, 3.63) is 29.3 Å². The van der Waals surface area contributed by atoms with E-state index in [-0.39, 0.29) is 31.8 Å². The first kappa shape index (κ1) is 18.5. The van der Waals surface area contributed by atoms with Gasteiger partial charge in [-0.1, -0.05) is 0 Å². The predicted octanol–water partition coefficient (Wildman–Crippen LogP) is 2.80. The number of likely N-dealkylation sites (tertiary alicyclic amines) is 1. The van der Waals surface area contributed by atoms with Crippen molar-refractivity contribution in [2.24, 2.45) is 11.7 Å². The van der Waals surface area contributed by atoms with Crippen molar-refractivity contribution in [1.82, 2.24) is 4.90 Å². The third kappa shape index (κ3) is 3.78. The van der Waals surface area contributed by atoms with Gasteiger partial charge in [-0.05, 0) is 43.9 Å². The molecule has 2 fully saturated rings. The molecule has 0 aromatic heterocycles. The largest absolute Gasteiger partial charge is 0.391 e. The van der Waals surface area contributed by atoms with E-state index in [2.05, 4.69) is 0 Å². The van der Waals surface area contributed by atoms with E-state index in [4.69, 9.17) is 5.73 Å². The Labute approximate surface area is 149 Å². The van der Waals surface area contributed by atoms with Gasteiger partial charge >= 0.3 is 6.18 Å². The molecule has 0 unspecified atom stereocenters. The molecule has 2 aliphatic heterocycles. The van der Waals surface area contributed by atoms with Gasteiger partial charge in [-0.3, -0.25) is 9.59 Å². The van der Waals surface area contributed by atoms with Crippen LogP contribution in [0.2, 0.25) is 0 Å². The Balaban J connectivity index is 1.82. The number of carbonyl (C=O) groups excluding carboxylic acids is 2. The van der Waals surface area contributed by atoms with Crippen LogP contribution >= 0.6 is 0 Å². The maximum Gasteiger partial charge on any atom is 0.391 e. The van der Waals surface area contributed by atoms with Crippen LogP contribution in [0.15, 0.2) is 18.2 Å². The van der Waals surface area contributed by atoms with Crippen LogP contribution in [0, 0.1) is 5.92 Å². The number of halogens is 3. The number of carbonyl (C=O) groups is 2. The predicted molar refractivity (Wildman–Crippen MR) is 91.1 cm³/mol. The molecule has 0 bridgehead atoms. The van der Waals surface area contributed by atoms with Crippen LogP contribution in [0.5, 0.6) is 0 Å². The Morgan fingerprint density at radius 2 is 1.65 bits per heavy atom. The molecule has 3 rings (SSSR count). The second-order valence-electron chi connectivity index (χ2n) is 6.90. The second-order valence-corrected chi connectivity index (χ2v) is 6.90. The average molecular weight is 369 g/mol. The molecular formula is C18H22F3N3O2. The van der Waals surface area contributed by atoms with Crippen LogP contribution in [-0.2, 0) is 0 Å². The van der Waals surface area contributed by atoms with Crippen LogP contribution < -0.4 is 10.6 Å². The quantitative estimate of drug-likeness (QED) is 0.891. The van der Waals surface area contributed by atoms with Crippen LogP contribution in [0.1, 0.15) is 46.4 Å². The molecule has 2 saturated heterocycles. The topological polar surface area (TPSA) is 66.6 Å². The number of benzene rings is 1. The van der Waals surface area contributed by atoms with E-state index in [0.717, 1.165) is 25.9 Å². The lowest BCUT2D eigenvalue weighted by atomic mass is 9.95. The molecule has 2 aliphatic rings. The Bertz CT molecular complexity index is 691. The minimum Gasteiger partial charge on any atom is -0.371 e. The fourth-order valence-corrected chi connectivity index (χ4v) is 3.67. The zero-order valence-electron chi connectivity index (χ0n) is 14.4. The van der Waals surface area contributed by atoms with E-state index < -0.39 is 18.0 Å². The van der Waals surface area contributed by atoms with Gasteiger partial charge in [-0.15, -0.1) is 0 Å². The number of primary amides is 1. The molecule has 142 valence electrons. The van der Waals surface area contributed by atoms with Crippen LogP contribution in [0.4, 0.5) is 18.9 Å². The van der Waals surface area contributed by atoms with E-state index in [1.807, 2.05) is 4.90 Å². The summed E-state index contributed by atoms with van der Waals surface area (Å²) >= 11 is 0. The van der Waals surface area contributed by atoms with Gasteiger partial charge in [0.1, 0.15) is 0 Å². The molecule has 2 amide bonds. The highest BCUT2D eigenvalue weighted by Crippen LogP contribution is 2.35. The SMILES string of the molecule is NC(=O)c1ccc(C(=O)N2CCC(C(F)(F)F)CC2)c(N2CCCC2)c1. The normalized spacial score (nSPS) is 19.0. The summed E-state index contributed by atoms with van der Waals surface area (Å²) < 4.78 is 38.5. The minimum atomic E-state index is -4.21. The van der Waals surface area contributed by atoms with Gasteiger partial charge in [-0.2, -0.15) is 13.2 Å². The molecule has 0 saturated carbocycles. The summed E-state index contributed by atoms with van der Waals surface area (Å²) in [6.07, 6.45) is -2.38. The molecule has 1 aromatic rings. The van der Waals surface area contributed by atoms with Crippen molar-refractivity contribution in [1.29, 1.82) is 0 Å². The number of amides is 2. The number of nitrogens with two attached hydrogens (primary N) is 1. The van der Waals surface area contributed by atoms with Crippen LogP contribution in [0.3, 0.4) is 0 Å². The Hall–Kier alpha value is -2.25. The van der Waals surface area contributed by atoms with Crippen molar-refractivity contribution in [3.8, 4) is 0 Å². The highest BCUT2D eigenvalue weighted by atomic mass is 19.4. The molecule has 2 N–H and O–H groups in total. The first-order valence-corrected chi connectivity index (χ1v) is 8.82. The van der Waals surface area contributed by atoms with Gasteiger partial charge in [0.2, 0.25) is 5.91 Å². The smallest absolute Gasteiger partial charge is 0.371 e. The van der Waals surface area contributed by atoms with E-state index in [9.17, 15) is 22.8 Å². The second kappa shape index (κ2) is 7.17. The number of alkyl halides is 3. The zero-order valence-corrected chi connectivity index (χ0v) is 14.4. The lowest BCUT2D eigenvalue weighted by molar-refractivity contribution is -0.183. The maximum absolute atomic E-state index is 12.9. The van der Waals surface area contributed by atoms with Crippen molar-refractivity contribution in [3.63, 3.8) is 0 Å². The first-order chi connectivity index (χ1) is 12.3. The summed E-state index contributed by atoms with van der Waals surface area (Å²) in [4.78, 5) is 27.9. The fourth-order valence-electron chi connectivity index (χ4n) is 3.67. The van der Waals surface area contributed by atoms with Gasteiger partial charge in [0.25, 0.3) is 5.91 Å². The molecule has 0 radical (unpaired) electrons. The molecule has 26 heavy (non-hydrogen) atoms. The molecule has 2 heterocycles. The lowest BCUT2D eigenvalue weighted by Gasteiger charge is -2.34. The highest BCUT2D eigenvalue weighted by Gasteiger charge is 2.42. The Morgan fingerprint density at radius 1 is 1.04 bits per heavy atom. The summed E-state index contributed by atoms with van der Waals surface area (Å²) in [5, 5.41) is 0. The van der Waals surface area contributed by atoms with E-state index in [0.29, 0.717) is 16.8 Å². The number of nitrogens with zero attached hydrogens (tertiary/aromatic N) is 2. The van der Waals surface area contributed by atoms with Gasteiger partial charge in [0, 0.05) is 31.7 Å². The lowest BCUT2D eigenvalue weighted by Crippen LogP contribution is -2.42. The van der Waals surface area contributed by atoms with Gasteiger partial charge < -0.3 is 15.5 Å². The Morgan fingerprint density at radius 3 is 2.19 bits per heavy atom. The highest BCUT2D eigenvalue weighted by molar-refractivity contribution is 6.02. The Kier molecular flexibility index (Phi) is 5.11. The molecule has 5 nitrogen and oxygen atoms in total. The van der Waals surface area contributed by atoms with Crippen molar-refractivity contribution in [2.75, 3.05) is 31.1 Å². The van der Waals surface area contributed by atoms with Gasteiger partial charge in [-0.25, -0.2) is 0 Å². The number of hydrogen-bond donors (Lipinski definition) is 1. The third-order valence-electron chi connectivity index (χ3n) is 5.20. The fraction of sp³-hybridized carbons (Fsp3) is 0.556. The van der Waals surface area contributed by atoms with Gasteiger partial charge in [0.05, 0.1) is 17.2 Å². The first-order valence-electron chi connectivity index (χ1n) is 8.82. The maximum atomic E-state index is 12.9. The molecule has 0 atom stereocenters. The molecule has 8 heteroatoms.